The van der Waals surface area contributed by atoms with Crippen LogP contribution in [0.15, 0.2) is 30.3 Å². The van der Waals surface area contributed by atoms with E-state index in [-0.39, 0.29) is 35.7 Å². The summed E-state index contributed by atoms with van der Waals surface area (Å²) in [6, 6.07) is 5.90. The number of Topliss-reactive ketones (excluding diaryl/α,β-unsaturated/α-hetero) is 2. The molecule has 0 spiro atoms. The minimum absolute atomic E-state index is 0.0189. The number of ether oxygens (including phenoxy) is 1. The van der Waals surface area contributed by atoms with E-state index in [1.165, 1.54) is 13.0 Å². The average molecular weight is 462 g/mol. The number of hydrogen-bond donors (Lipinski definition) is 0. The summed E-state index contributed by atoms with van der Waals surface area (Å²) in [6.07, 6.45) is 0.121. The molecule has 0 fully saturated rings. The number of rotatable bonds is 7. The van der Waals surface area contributed by atoms with Crippen LogP contribution in [0.1, 0.15) is 35.7 Å². The number of halogens is 4. The van der Waals surface area contributed by atoms with Gasteiger partial charge in [0.2, 0.25) is 0 Å². The van der Waals surface area contributed by atoms with Gasteiger partial charge in [-0.2, -0.15) is 0 Å². The zero-order valence-corrected chi connectivity index (χ0v) is 15.4. The molecule has 0 bridgehead atoms. The molecule has 2 aromatic carbocycles. The summed E-state index contributed by atoms with van der Waals surface area (Å²) < 4.78 is 46.5. The van der Waals surface area contributed by atoms with E-state index in [1.807, 2.05) is 22.6 Å². The average Bonchev–Trinajstić information content (AvgIpc) is 2.52. The van der Waals surface area contributed by atoms with Crippen molar-refractivity contribution in [2.45, 2.75) is 26.4 Å². The van der Waals surface area contributed by atoms with E-state index in [2.05, 4.69) is 0 Å². The van der Waals surface area contributed by atoms with E-state index in [1.54, 1.807) is 12.1 Å². The third-order valence-corrected chi connectivity index (χ3v) is 4.09. The smallest absolute Gasteiger partial charge is 0.167 e. The van der Waals surface area contributed by atoms with Gasteiger partial charge in [-0.15, -0.1) is 0 Å². The fraction of sp³-hybridized carbons (Fsp3) is 0.222. The van der Waals surface area contributed by atoms with E-state index in [9.17, 15) is 22.8 Å². The minimum Gasteiger partial charge on any atom is -0.488 e. The SMILES string of the molecule is CC(=O)CCC(=O)c1cc(I)ccc1OCc1c(F)cc(F)cc1F. The Bertz CT molecular complexity index is 798. The van der Waals surface area contributed by atoms with E-state index < -0.39 is 29.6 Å². The summed E-state index contributed by atoms with van der Waals surface area (Å²) in [7, 11) is 0. The molecule has 3 nitrogen and oxygen atoms in total. The molecule has 0 unspecified atom stereocenters. The maximum atomic E-state index is 13.7. The number of benzene rings is 2. The molecule has 0 heterocycles. The van der Waals surface area contributed by atoms with Crippen LogP contribution in [0.5, 0.6) is 5.75 Å². The van der Waals surface area contributed by atoms with Gasteiger partial charge in [0.15, 0.2) is 5.78 Å². The minimum atomic E-state index is -1.06. The van der Waals surface area contributed by atoms with Crippen LogP contribution < -0.4 is 4.74 Å². The summed E-state index contributed by atoms with van der Waals surface area (Å²) in [5.41, 5.74) is -0.196. The lowest BCUT2D eigenvalue weighted by molar-refractivity contribution is -0.116. The molecule has 2 aromatic rings. The summed E-state index contributed by atoms with van der Waals surface area (Å²) >= 11 is 2.02. The van der Waals surface area contributed by atoms with Gasteiger partial charge in [0.1, 0.15) is 35.6 Å². The molecule has 0 aromatic heterocycles. The van der Waals surface area contributed by atoms with Gasteiger partial charge in [0.25, 0.3) is 0 Å². The van der Waals surface area contributed by atoms with Gasteiger partial charge in [-0.1, -0.05) is 0 Å². The predicted octanol–water partition coefficient (Wildman–Crippen LogP) is 4.84. The number of ketones is 2. The molecule has 0 saturated heterocycles. The first-order valence-electron chi connectivity index (χ1n) is 7.36. The Morgan fingerprint density at radius 3 is 2.28 bits per heavy atom. The van der Waals surface area contributed by atoms with Crippen molar-refractivity contribution in [1.29, 1.82) is 0 Å². The van der Waals surface area contributed by atoms with Crippen molar-refractivity contribution in [2.24, 2.45) is 0 Å². The molecule has 0 saturated carbocycles. The summed E-state index contributed by atoms with van der Waals surface area (Å²) in [5, 5.41) is 0. The van der Waals surface area contributed by atoms with Crippen molar-refractivity contribution in [3.05, 3.63) is 62.5 Å². The fourth-order valence-corrected chi connectivity index (χ4v) is 2.62. The van der Waals surface area contributed by atoms with Crippen LogP contribution in [0.4, 0.5) is 13.2 Å². The monoisotopic (exact) mass is 462 g/mol. The van der Waals surface area contributed by atoms with E-state index >= 15 is 0 Å². The van der Waals surface area contributed by atoms with E-state index in [0.717, 1.165) is 3.57 Å². The van der Waals surface area contributed by atoms with Crippen LogP contribution >= 0.6 is 22.6 Å². The number of hydrogen-bond acceptors (Lipinski definition) is 3. The molecule has 0 aliphatic rings. The number of carbonyl (C=O) groups excluding carboxylic acids is 2. The highest BCUT2D eigenvalue weighted by atomic mass is 127. The van der Waals surface area contributed by atoms with Gasteiger partial charge < -0.3 is 9.53 Å². The van der Waals surface area contributed by atoms with Gasteiger partial charge in [-0.3, -0.25) is 4.79 Å². The fourth-order valence-electron chi connectivity index (χ4n) is 2.13. The predicted molar refractivity (Wildman–Crippen MR) is 94.1 cm³/mol. The first-order chi connectivity index (χ1) is 11.8. The van der Waals surface area contributed by atoms with Gasteiger partial charge >= 0.3 is 0 Å². The molecular weight excluding hydrogens is 448 g/mol. The molecule has 0 aliphatic carbocycles. The highest BCUT2D eigenvalue weighted by molar-refractivity contribution is 14.1. The summed E-state index contributed by atoms with van der Waals surface area (Å²) in [5.74, 6) is -3.41. The van der Waals surface area contributed by atoms with Crippen molar-refractivity contribution in [3.8, 4) is 5.75 Å². The Morgan fingerprint density at radius 2 is 1.68 bits per heavy atom. The van der Waals surface area contributed by atoms with Gasteiger partial charge in [-0.25, -0.2) is 13.2 Å². The molecule has 0 amide bonds. The first kappa shape index (κ1) is 19.4. The Hall–Kier alpha value is -1.90. The molecule has 0 aliphatic heterocycles. The molecule has 0 N–H and O–H groups in total. The number of carbonyl (C=O) groups is 2. The van der Waals surface area contributed by atoms with Crippen LogP contribution in [-0.2, 0) is 11.4 Å². The lowest BCUT2D eigenvalue weighted by atomic mass is 10.0. The van der Waals surface area contributed by atoms with E-state index in [4.69, 9.17) is 4.74 Å². The standard InChI is InChI=1S/C18H14F3IO3/c1-10(23)2-4-17(24)13-8-12(22)3-5-18(13)25-9-14-15(20)6-11(19)7-16(14)21/h3,5-8H,2,4,9H2,1H3. The molecular formula is C18H14F3IO3. The van der Waals surface area contributed by atoms with Crippen molar-refractivity contribution in [1.82, 2.24) is 0 Å². The van der Waals surface area contributed by atoms with Crippen LogP contribution in [-0.4, -0.2) is 11.6 Å². The van der Waals surface area contributed by atoms with Gasteiger partial charge in [0, 0.05) is 28.5 Å². The summed E-state index contributed by atoms with van der Waals surface area (Å²) in [6.45, 7) is 0.894. The van der Waals surface area contributed by atoms with Crippen molar-refractivity contribution in [3.63, 3.8) is 0 Å². The molecule has 25 heavy (non-hydrogen) atoms. The third-order valence-electron chi connectivity index (χ3n) is 3.42. The van der Waals surface area contributed by atoms with Crippen molar-refractivity contribution >= 4 is 34.2 Å². The molecule has 7 heteroatoms. The lowest BCUT2D eigenvalue weighted by Gasteiger charge is -2.12. The molecule has 2 rings (SSSR count). The highest BCUT2D eigenvalue weighted by Gasteiger charge is 2.17. The van der Waals surface area contributed by atoms with Crippen LogP contribution in [0.2, 0.25) is 0 Å². The zero-order valence-electron chi connectivity index (χ0n) is 13.2. The Morgan fingerprint density at radius 1 is 1.04 bits per heavy atom. The van der Waals surface area contributed by atoms with E-state index in [0.29, 0.717) is 12.1 Å². The summed E-state index contributed by atoms with van der Waals surface area (Å²) in [4.78, 5) is 23.3. The Labute approximate surface area is 156 Å². The second-order valence-corrected chi connectivity index (χ2v) is 6.65. The highest BCUT2D eigenvalue weighted by Crippen LogP contribution is 2.25. The first-order valence-corrected chi connectivity index (χ1v) is 8.44. The molecule has 0 atom stereocenters. The van der Waals surface area contributed by atoms with Crippen LogP contribution in [0, 0.1) is 21.0 Å². The Balaban J connectivity index is 2.22. The van der Waals surface area contributed by atoms with Gasteiger partial charge in [0.05, 0.1) is 11.1 Å². The van der Waals surface area contributed by atoms with Crippen LogP contribution in [0.25, 0.3) is 0 Å². The van der Waals surface area contributed by atoms with Crippen LogP contribution in [0.3, 0.4) is 0 Å². The normalized spacial score (nSPS) is 10.6. The zero-order chi connectivity index (χ0) is 18.6. The van der Waals surface area contributed by atoms with Gasteiger partial charge in [-0.05, 0) is 47.7 Å². The largest absolute Gasteiger partial charge is 0.488 e. The topological polar surface area (TPSA) is 43.4 Å². The second kappa shape index (κ2) is 8.46. The van der Waals surface area contributed by atoms with Crippen molar-refractivity contribution in [2.75, 3.05) is 0 Å². The van der Waals surface area contributed by atoms with Crippen molar-refractivity contribution < 1.29 is 27.5 Å². The third kappa shape index (κ3) is 5.29. The Kier molecular flexibility index (Phi) is 6.57. The quantitative estimate of drug-likeness (QED) is 0.437. The molecule has 132 valence electrons. The maximum absolute atomic E-state index is 13.7. The maximum Gasteiger partial charge on any atom is 0.167 e. The molecule has 0 radical (unpaired) electrons. The lowest BCUT2D eigenvalue weighted by Crippen LogP contribution is -2.08. The second-order valence-electron chi connectivity index (χ2n) is 5.40.